The lowest BCUT2D eigenvalue weighted by Crippen LogP contribution is -2.24. The van der Waals surface area contributed by atoms with E-state index in [0.29, 0.717) is 5.92 Å². The molecule has 0 amide bonds. The molecule has 0 heteroatoms. The molecular formula is C26H28. The zero-order valence-electron chi connectivity index (χ0n) is 16.0. The SMILES string of the molecule is CC(C)(C1=CC2=C(CCCCC2)C1)C1c2ccccc2-c2ccccc21. The topological polar surface area (TPSA) is 0 Å². The van der Waals surface area contributed by atoms with Gasteiger partial charge >= 0.3 is 0 Å². The first kappa shape index (κ1) is 16.1. The van der Waals surface area contributed by atoms with Gasteiger partial charge in [-0.25, -0.2) is 0 Å². The average Bonchev–Trinajstić information content (AvgIpc) is 3.14. The van der Waals surface area contributed by atoms with Gasteiger partial charge in [0.2, 0.25) is 0 Å². The van der Waals surface area contributed by atoms with E-state index in [0.717, 1.165) is 0 Å². The first-order valence-corrected chi connectivity index (χ1v) is 10.3. The highest BCUT2D eigenvalue weighted by Gasteiger charge is 2.42. The molecule has 0 heterocycles. The summed E-state index contributed by atoms with van der Waals surface area (Å²) in [5.74, 6) is 0.463. The molecule has 0 saturated carbocycles. The molecule has 0 aliphatic heterocycles. The molecule has 0 N–H and O–H groups in total. The highest BCUT2D eigenvalue weighted by Crippen LogP contribution is 2.57. The van der Waals surface area contributed by atoms with Crippen molar-refractivity contribution >= 4 is 0 Å². The van der Waals surface area contributed by atoms with E-state index in [9.17, 15) is 0 Å². The molecule has 5 rings (SSSR count). The van der Waals surface area contributed by atoms with Crippen LogP contribution in [0, 0.1) is 5.41 Å². The van der Waals surface area contributed by atoms with Crippen molar-refractivity contribution in [2.75, 3.05) is 0 Å². The van der Waals surface area contributed by atoms with Crippen LogP contribution in [-0.2, 0) is 0 Å². The van der Waals surface area contributed by atoms with Crippen LogP contribution in [0.15, 0.2) is 71.3 Å². The van der Waals surface area contributed by atoms with E-state index in [1.54, 1.807) is 16.7 Å². The molecule has 132 valence electrons. The van der Waals surface area contributed by atoms with Gasteiger partial charge in [0, 0.05) is 5.92 Å². The fraction of sp³-hybridized carbons (Fsp3) is 0.385. The summed E-state index contributed by atoms with van der Waals surface area (Å²) in [4.78, 5) is 0. The van der Waals surface area contributed by atoms with Crippen LogP contribution < -0.4 is 0 Å². The number of benzene rings is 2. The van der Waals surface area contributed by atoms with Crippen LogP contribution in [-0.4, -0.2) is 0 Å². The molecule has 3 aliphatic carbocycles. The molecular weight excluding hydrogens is 312 g/mol. The molecule has 0 fully saturated rings. The first-order chi connectivity index (χ1) is 12.7. The fourth-order valence-electron chi connectivity index (χ4n) is 5.57. The number of rotatable bonds is 2. The van der Waals surface area contributed by atoms with Gasteiger partial charge in [-0.2, -0.15) is 0 Å². The summed E-state index contributed by atoms with van der Waals surface area (Å²) >= 11 is 0. The number of allylic oxidation sites excluding steroid dienone is 4. The second-order valence-corrected chi connectivity index (χ2v) is 8.87. The maximum atomic E-state index is 2.59. The summed E-state index contributed by atoms with van der Waals surface area (Å²) in [6.07, 6.45) is 10.6. The Morgan fingerprint density at radius 3 is 2.08 bits per heavy atom. The van der Waals surface area contributed by atoms with Gasteiger partial charge in [0.1, 0.15) is 0 Å². The maximum Gasteiger partial charge on any atom is 0.0190 e. The zero-order chi connectivity index (χ0) is 17.7. The Morgan fingerprint density at radius 1 is 0.769 bits per heavy atom. The van der Waals surface area contributed by atoms with E-state index in [2.05, 4.69) is 68.5 Å². The average molecular weight is 341 g/mol. The number of hydrogen-bond donors (Lipinski definition) is 0. The fourth-order valence-corrected chi connectivity index (χ4v) is 5.57. The molecule has 26 heavy (non-hydrogen) atoms. The largest absolute Gasteiger partial charge is 0.0629 e. The molecule has 0 bridgehead atoms. The molecule has 0 atom stereocenters. The molecule has 3 aliphatic rings. The van der Waals surface area contributed by atoms with Gasteiger partial charge in [0.05, 0.1) is 0 Å². The van der Waals surface area contributed by atoms with Crippen molar-refractivity contribution in [1.29, 1.82) is 0 Å². The second kappa shape index (κ2) is 5.98. The quantitative estimate of drug-likeness (QED) is 0.533. The molecule has 0 aromatic heterocycles. The van der Waals surface area contributed by atoms with E-state index >= 15 is 0 Å². The third-order valence-electron chi connectivity index (χ3n) is 7.01. The van der Waals surface area contributed by atoms with Crippen LogP contribution in [0.1, 0.15) is 69.4 Å². The summed E-state index contributed by atoms with van der Waals surface area (Å²) in [5.41, 5.74) is 11.1. The lowest BCUT2D eigenvalue weighted by Gasteiger charge is -2.35. The Balaban J connectivity index is 1.58. The van der Waals surface area contributed by atoms with Crippen LogP contribution in [0.3, 0.4) is 0 Å². The van der Waals surface area contributed by atoms with Crippen molar-refractivity contribution in [3.05, 3.63) is 82.5 Å². The molecule has 0 saturated heterocycles. The van der Waals surface area contributed by atoms with Crippen LogP contribution >= 0.6 is 0 Å². The van der Waals surface area contributed by atoms with Crippen molar-refractivity contribution in [3.63, 3.8) is 0 Å². The zero-order valence-corrected chi connectivity index (χ0v) is 16.0. The predicted octanol–water partition coefficient (Wildman–Crippen LogP) is 7.42. The van der Waals surface area contributed by atoms with Gasteiger partial charge in [-0.1, -0.05) is 86.0 Å². The first-order valence-electron chi connectivity index (χ1n) is 10.3. The minimum atomic E-state index is 0.148. The Morgan fingerprint density at radius 2 is 1.38 bits per heavy atom. The summed E-state index contributed by atoms with van der Waals surface area (Å²) in [6.45, 7) is 4.96. The monoisotopic (exact) mass is 340 g/mol. The van der Waals surface area contributed by atoms with Gasteiger partial charge in [-0.3, -0.25) is 0 Å². The van der Waals surface area contributed by atoms with Gasteiger partial charge in [-0.05, 0) is 65.3 Å². The van der Waals surface area contributed by atoms with Crippen molar-refractivity contribution in [2.45, 2.75) is 58.3 Å². The predicted molar refractivity (Wildman–Crippen MR) is 110 cm³/mol. The highest BCUT2D eigenvalue weighted by atomic mass is 14.5. The Hall–Kier alpha value is -2.08. The molecule has 0 spiro atoms. The van der Waals surface area contributed by atoms with Crippen molar-refractivity contribution in [3.8, 4) is 11.1 Å². The Bertz CT molecular complexity index is 877. The molecule has 2 aromatic rings. The smallest absolute Gasteiger partial charge is 0.0190 e. The normalized spacial score (nSPS) is 19.7. The molecule has 0 unspecified atom stereocenters. The van der Waals surface area contributed by atoms with E-state index < -0.39 is 0 Å². The standard InChI is InChI=1S/C26H28/c1-26(2,20-16-18-10-4-3-5-11-19(18)17-20)25-23-14-8-6-12-21(23)22-13-7-9-15-24(22)25/h6-9,12-16,25H,3-5,10-11,17H2,1-2H3. The summed E-state index contributed by atoms with van der Waals surface area (Å²) in [5, 5.41) is 0. The lowest BCUT2D eigenvalue weighted by molar-refractivity contribution is 0.386. The van der Waals surface area contributed by atoms with E-state index in [4.69, 9.17) is 0 Å². The lowest BCUT2D eigenvalue weighted by atomic mass is 9.68. The molecule has 2 aromatic carbocycles. The van der Waals surface area contributed by atoms with Gasteiger partial charge in [-0.15, -0.1) is 0 Å². The minimum absolute atomic E-state index is 0.148. The third-order valence-corrected chi connectivity index (χ3v) is 7.01. The summed E-state index contributed by atoms with van der Waals surface area (Å²) < 4.78 is 0. The Kier molecular flexibility index (Phi) is 3.71. The van der Waals surface area contributed by atoms with Crippen molar-refractivity contribution < 1.29 is 0 Å². The Labute approximate surface area is 157 Å². The van der Waals surface area contributed by atoms with E-state index in [1.807, 2.05) is 0 Å². The van der Waals surface area contributed by atoms with E-state index in [1.165, 1.54) is 60.8 Å². The van der Waals surface area contributed by atoms with Crippen LogP contribution in [0.4, 0.5) is 0 Å². The molecule has 0 radical (unpaired) electrons. The van der Waals surface area contributed by atoms with Crippen molar-refractivity contribution in [1.82, 2.24) is 0 Å². The van der Waals surface area contributed by atoms with Crippen LogP contribution in [0.25, 0.3) is 11.1 Å². The summed E-state index contributed by atoms with van der Waals surface area (Å²) in [6, 6.07) is 18.1. The number of hydrogen-bond acceptors (Lipinski definition) is 0. The second-order valence-electron chi connectivity index (χ2n) is 8.87. The number of fused-ring (bicyclic) bond motifs is 3. The van der Waals surface area contributed by atoms with Crippen LogP contribution in [0.5, 0.6) is 0 Å². The van der Waals surface area contributed by atoms with Crippen molar-refractivity contribution in [2.24, 2.45) is 5.41 Å². The molecule has 0 nitrogen and oxygen atoms in total. The maximum absolute atomic E-state index is 2.59. The van der Waals surface area contributed by atoms with Gasteiger partial charge < -0.3 is 0 Å². The highest BCUT2D eigenvalue weighted by molar-refractivity contribution is 5.79. The third kappa shape index (κ3) is 2.35. The minimum Gasteiger partial charge on any atom is -0.0629 e. The van der Waals surface area contributed by atoms with Gasteiger partial charge in [0.25, 0.3) is 0 Å². The van der Waals surface area contributed by atoms with Crippen LogP contribution in [0.2, 0.25) is 0 Å². The van der Waals surface area contributed by atoms with Gasteiger partial charge in [0.15, 0.2) is 0 Å². The van der Waals surface area contributed by atoms with E-state index in [-0.39, 0.29) is 5.41 Å². The summed E-state index contributed by atoms with van der Waals surface area (Å²) in [7, 11) is 0.